The number of aliphatic hydroxyl groups is 1. The maximum Gasteiger partial charge on any atom is 0.0431 e. The van der Waals surface area contributed by atoms with Gasteiger partial charge in [0, 0.05) is 6.61 Å². The van der Waals surface area contributed by atoms with Crippen molar-refractivity contribution < 1.29 is 5.11 Å². The maximum atomic E-state index is 8.41. The Hall–Kier alpha value is -0.0400. The SMILES string of the molecule is CC[C@H](C)CCCO. The molecule has 0 rings (SSSR count). The highest BCUT2D eigenvalue weighted by atomic mass is 16.2. The van der Waals surface area contributed by atoms with Crippen molar-refractivity contribution in [2.45, 2.75) is 33.1 Å². The van der Waals surface area contributed by atoms with Gasteiger partial charge in [0.2, 0.25) is 0 Å². The van der Waals surface area contributed by atoms with Gasteiger partial charge >= 0.3 is 0 Å². The minimum absolute atomic E-state index is 0.352. The fourth-order valence-electron chi connectivity index (χ4n) is 0.644. The van der Waals surface area contributed by atoms with E-state index < -0.39 is 0 Å². The van der Waals surface area contributed by atoms with Crippen molar-refractivity contribution in [1.29, 1.82) is 0 Å². The molecule has 1 nitrogen and oxygen atoms in total. The van der Waals surface area contributed by atoms with Crippen LogP contribution in [0.15, 0.2) is 0 Å². The number of hydrogen-bond donors (Lipinski definition) is 1. The van der Waals surface area contributed by atoms with Gasteiger partial charge in [-0.05, 0) is 18.8 Å². The molecule has 0 unspecified atom stereocenters. The zero-order valence-electron chi connectivity index (χ0n) is 5.85. The van der Waals surface area contributed by atoms with Crippen LogP contribution in [0, 0.1) is 5.92 Å². The van der Waals surface area contributed by atoms with Crippen LogP contribution < -0.4 is 0 Å². The Bertz CT molecular complexity index is 43.7. The van der Waals surface area contributed by atoms with Crippen molar-refractivity contribution >= 4 is 0 Å². The molecule has 1 atom stereocenters. The molecule has 8 heavy (non-hydrogen) atoms. The lowest BCUT2D eigenvalue weighted by Gasteiger charge is -2.04. The highest BCUT2D eigenvalue weighted by Gasteiger charge is 1.95. The molecule has 50 valence electrons. The summed E-state index contributed by atoms with van der Waals surface area (Å²) in [7, 11) is 0. The molecule has 0 heterocycles. The van der Waals surface area contributed by atoms with E-state index in [4.69, 9.17) is 5.11 Å². The van der Waals surface area contributed by atoms with Crippen LogP contribution in [0.4, 0.5) is 0 Å². The van der Waals surface area contributed by atoms with Gasteiger partial charge in [-0.1, -0.05) is 20.3 Å². The van der Waals surface area contributed by atoms with Gasteiger partial charge in [0.25, 0.3) is 0 Å². The van der Waals surface area contributed by atoms with Crippen LogP contribution in [-0.4, -0.2) is 11.7 Å². The Morgan fingerprint density at radius 1 is 1.50 bits per heavy atom. The molecular formula is C7H16O. The van der Waals surface area contributed by atoms with Gasteiger partial charge in [0.1, 0.15) is 0 Å². The molecule has 0 radical (unpaired) electrons. The van der Waals surface area contributed by atoms with Crippen LogP contribution in [0.25, 0.3) is 0 Å². The Balaban J connectivity index is 2.86. The van der Waals surface area contributed by atoms with Crippen LogP contribution in [0.3, 0.4) is 0 Å². The van der Waals surface area contributed by atoms with Crippen LogP contribution in [-0.2, 0) is 0 Å². The molecule has 0 aromatic carbocycles. The average molecular weight is 116 g/mol. The lowest BCUT2D eigenvalue weighted by molar-refractivity contribution is 0.273. The first kappa shape index (κ1) is 7.96. The van der Waals surface area contributed by atoms with Crippen LogP contribution in [0.2, 0.25) is 0 Å². The molecule has 0 fully saturated rings. The third-order valence-electron chi connectivity index (χ3n) is 1.55. The van der Waals surface area contributed by atoms with E-state index in [0.717, 1.165) is 12.3 Å². The minimum Gasteiger partial charge on any atom is -0.396 e. The van der Waals surface area contributed by atoms with Crippen molar-refractivity contribution in [2.24, 2.45) is 5.92 Å². The molecule has 1 N–H and O–H groups in total. The summed E-state index contributed by atoms with van der Waals surface area (Å²) in [5.41, 5.74) is 0. The summed E-state index contributed by atoms with van der Waals surface area (Å²) in [6.07, 6.45) is 3.38. The van der Waals surface area contributed by atoms with Gasteiger partial charge in [-0.15, -0.1) is 0 Å². The number of hydrogen-bond acceptors (Lipinski definition) is 1. The highest BCUT2D eigenvalue weighted by Crippen LogP contribution is 2.07. The molecular weight excluding hydrogens is 100 g/mol. The molecule has 0 saturated carbocycles. The van der Waals surface area contributed by atoms with Gasteiger partial charge in [-0.2, -0.15) is 0 Å². The summed E-state index contributed by atoms with van der Waals surface area (Å²) in [6, 6.07) is 0. The maximum absolute atomic E-state index is 8.41. The summed E-state index contributed by atoms with van der Waals surface area (Å²) in [5.74, 6) is 0.794. The molecule has 0 aromatic heterocycles. The zero-order valence-corrected chi connectivity index (χ0v) is 5.85. The lowest BCUT2D eigenvalue weighted by Crippen LogP contribution is -1.93. The second-order valence-corrected chi connectivity index (χ2v) is 2.38. The Labute approximate surface area is 51.7 Å². The Kier molecular flexibility index (Phi) is 5.08. The smallest absolute Gasteiger partial charge is 0.0431 e. The first-order valence-corrected chi connectivity index (χ1v) is 3.42. The quantitative estimate of drug-likeness (QED) is 0.594. The lowest BCUT2D eigenvalue weighted by atomic mass is 10.0. The van der Waals surface area contributed by atoms with Gasteiger partial charge in [-0.3, -0.25) is 0 Å². The highest BCUT2D eigenvalue weighted by molar-refractivity contribution is 4.47. The summed E-state index contributed by atoms with van der Waals surface area (Å²) in [4.78, 5) is 0. The predicted octanol–water partition coefficient (Wildman–Crippen LogP) is 1.81. The molecule has 0 spiro atoms. The van der Waals surface area contributed by atoms with E-state index in [9.17, 15) is 0 Å². The first-order valence-electron chi connectivity index (χ1n) is 3.42. The standard InChI is InChI=1S/C7H16O/c1-3-7(2)5-4-6-8/h7-8H,3-6H2,1-2H3/t7-/m0/s1. The van der Waals surface area contributed by atoms with Gasteiger partial charge in [-0.25, -0.2) is 0 Å². The monoisotopic (exact) mass is 116 g/mol. The number of rotatable bonds is 4. The van der Waals surface area contributed by atoms with E-state index in [1.54, 1.807) is 0 Å². The van der Waals surface area contributed by atoms with E-state index in [-0.39, 0.29) is 0 Å². The van der Waals surface area contributed by atoms with E-state index in [0.29, 0.717) is 6.61 Å². The van der Waals surface area contributed by atoms with Crippen LogP contribution in [0.5, 0.6) is 0 Å². The first-order chi connectivity index (χ1) is 3.81. The average Bonchev–Trinajstić information content (AvgIpc) is 1.83. The summed E-state index contributed by atoms with van der Waals surface area (Å²) in [6.45, 7) is 4.75. The molecule has 0 aliphatic heterocycles. The van der Waals surface area contributed by atoms with Gasteiger partial charge in [0.15, 0.2) is 0 Å². The molecule has 0 bridgehead atoms. The van der Waals surface area contributed by atoms with Gasteiger partial charge < -0.3 is 5.11 Å². The van der Waals surface area contributed by atoms with Crippen molar-refractivity contribution in [2.75, 3.05) is 6.61 Å². The van der Waals surface area contributed by atoms with Gasteiger partial charge in [0.05, 0.1) is 0 Å². The van der Waals surface area contributed by atoms with E-state index >= 15 is 0 Å². The normalized spacial score (nSPS) is 13.9. The Morgan fingerprint density at radius 3 is 2.50 bits per heavy atom. The largest absolute Gasteiger partial charge is 0.396 e. The zero-order chi connectivity index (χ0) is 6.41. The van der Waals surface area contributed by atoms with Crippen molar-refractivity contribution in [3.8, 4) is 0 Å². The second kappa shape index (κ2) is 5.10. The third-order valence-corrected chi connectivity index (χ3v) is 1.55. The van der Waals surface area contributed by atoms with E-state index in [1.807, 2.05) is 0 Å². The summed E-state index contributed by atoms with van der Waals surface area (Å²) < 4.78 is 0. The predicted molar refractivity (Wildman–Crippen MR) is 35.8 cm³/mol. The molecule has 0 aliphatic carbocycles. The second-order valence-electron chi connectivity index (χ2n) is 2.38. The van der Waals surface area contributed by atoms with Crippen molar-refractivity contribution in [3.05, 3.63) is 0 Å². The van der Waals surface area contributed by atoms with Crippen molar-refractivity contribution in [1.82, 2.24) is 0 Å². The molecule has 0 amide bonds. The third kappa shape index (κ3) is 4.13. The summed E-state index contributed by atoms with van der Waals surface area (Å²) >= 11 is 0. The van der Waals surface area contributed by atoms with Crippen LogP contribution in [0.1, 0.15) is 33.1 Å². The minimum atomic E-state index is 0.352. The fourth-order valence-corrected chi connectivity index (χ4v) is 0.644. The molecule has 0 aromatic rings. The topological polar surface area (TPSA) is 20.2 Å². The van der Waals surface area contributed by atoms with E-state index in [1.165, 1.54) is 12.8 Å². The molecule has 0 saturated heterocycles. The summed E-state index contributed by atoms with van der Waals surface area (Å²) in [5, 5.41) is 8.41. The number of aliphatic hydroxyl groups excluding tert-OH is 1. The van der Waals surface area contributed by atoms with Crippen LogP contribution >= 0.6 is 0 Å². The van der Waals surface area contributed by atoms with E-state index in [2.05, 4.69) is 13.8 Å². The Morgan fingerprint density at radius 2 is 2.12 bits per heavy atom. The fraction of sp³-hybridized carbons (Fsp3) is 1.00. The molecule has 1 heteroatoms. The van der Waals surface area contributed by atoms with Crippen molar-refractivity contribution in [3.63, 3.8) is 0 Å². The molecule has 0 aliphatic rings.